The van der Waals surface area contributed by atoms with Crippen molar-refractivity contribution in [2.75, 3.05) is 18.9 Å². The predicted molar refractivity (Wildman–Crippen MR) is 139 cm³/mol. The number of nitriles is 1. The van der Waals surface area contributed by atoms with Gasteiger partial charge >= 0.3 is 0 Å². The summed E-state index contributed by atoms with van der Waals surface area (Å²) in [6.45, 7) is 13.4. The van der Waals surface area contributed by atoms with Gasteiger partial charge in [-0.05, 0) is 37.3 Å². The molecular weight excluding hydrogens is 442 g/mol. The third-order valence-electron chi connectivity index (χ3n) is 5.73. The minimum absolute atomic E-state index is 0.0285. The van der Waals surface area contributed by atoms with Crippen molar-refractivity contribution >= 4 is 23.4 Å². The standard InChI is InChI=1S/C27H41N5O3/c1-18(2)22(17-19(3)24(33)29-16-12-15-28)32(8)26(35)23(27(5,6)7)31-25(34)20(4)30-21-13-10-9-11-14-21/h9-11,13-14,17-18,20,22-23,30H,12,16H2,1-8H3,(H,29,33)(H,31,34)/b19-17+/t20?,22-,23-/m1/s1. The van der Waals surface area contributed by atoms with Gasteiger partial charge in [-0.15, -0.1) is 0 Å². The van der Waals surface area contributed by atoms with Gasteiger partial charge in [-0.2, -0.15) is 5.26 Å². The van der Waals surface area contributed by atoms with E-state index in [1.807, 2.05) is 71.0 Å². The first-order chi connectivity index (χ1) is 16.3. The van der Waals surface area contributed by atoms with Gasteiger partial charge in [0.15, 0.2) is 0 Å². The number of para-hydroxylation sites is 1. The van der Waals surface area contributed by atoms with E-state index in [0.717, 1.165) is 5.69 Å². The van der Waals surface area contributed by atoms with Crippen LogP contribution in [-0.2, 0) is 14.4 Å². The Morgan fingerprint density at radius 2 is 1.71 bits per heavy atom. The summed E-state index contributed by atoms with van der Waals surface area (Å²) in [4.78, 5) is 40.6. The maximum absolute atomic E-state index is 13.6. The zero-order valence-electron chi connectivity index (χ0n) is 22.3. The lowest BCUT2D eigenvalue weighted by atomic mass is 9.85. The Hall–Kier alpha value is -3.34. The van der Waals surface area contributed by atoms with Crippen molar-refractivity contribution < 1.29 is 14.4 Å². The summed E-state index contributed by atoms with van der Waals surface area (Å²) in [6, 6.07) is 9.75. The van der Waals surface area contributed by atoms with Crippen LogP contribution in [0.2, 0.25) is 0 Å². The van der Waals surface area contributed by atoms with Gasteiger partial charge in [-0.3, -0.25) is 14.4 Å². The average molecular weight is 484 g/mol. The molecule has 3 amide bonds. The molecule has 35 heavy (non-hydrogen) atoms. The van der Waals surface area contributed by atoms with Crippen LogP contribution in [0.1, 0.15) is 54.9 Å². The Balaban J connectivity index is 3.05. The average Bonchev–Trinajstić information content (AvgIpc) is 2.79. The highest BCUT2D eigenvalue weighted by molar-refractivity contribution is 5.93. The van der Waals surface area contributed by atoms with Crippen LogP contribution in [0, 0.1) is 22.7 Å². The second-order valence-electron chi connectivity index (χ2n) is 10.2. The van der Waals surface area contributed by atoms with Crippen molar-refractivity contribution in [1.29, 1.82) is 5.26 Å². The van der Waals surface area contributed by atoms with E-state index in [9.17, 15) is 14.4 Å². The fraction of sp³-hybridized carbons (Fsp3) is 0.556. The molecule has 0 heterocycles. The first kappa shape index (κ1) is 29.7. The highest BCUT2D eigenvalue weighted by atomic mass is 16.2. The van der Waals surface area contributed by atoms with E-state index in [1.54, 1.807) is 31.9 Å². The van der Waals surface area contributed by atoms with E-state index in [1.165, 1.54) is 0 Å². The topological polar surface area (TPSA) is 114 Å². The normalized spacial score (nSPS) is 14.3. The summed E-state index contributed by atoms with van der Waals surface area (Å²) >= 11 is 0. The van der Waals surface area contributed by atoms with Crippen molar-refractivity contribution in [3.63, 3.8) is 0 Å². The SMILES string of the molecule is C/C(=C\[C@H](C(C)C)N(C)C(=O)[C@@H](NC(=O)C(C)Nc1ccccc1)C(C)(C)C)C(=O)NCCC#N. The number of rotatable bonds is 11. The summed E-state index contributed by atoms with van der Waals surface area (Å²) in [5.41, 5.74) is 0.750. The number of hydrogen-bond acceptors (Lipinski definition) is 5. The molecule has 1 rings (SSSR count). The molecule has 0 radical (unpaired) electrons. The minimum Gasteiger partial charge on any atom is -0.374 e. The molecule has 1 unspecified atom stereocenters. The number of amides is 3. The maximum atomic E-state index is 13.6. The molecule has 8 heteroatoms. The third kappa shape index (κ3) is 9.44. The molecule has 1 aromatic rings. The van der Waals surface area contributed by atoms with Crippen LogP contribution in [0.5, 0.6) is 0 Å². The Labute approximate surface area is 210 Å². The van der Waals surface area contributed by atoms with Crippen LogP contribution in [0.4, 0.5) is 5.69 Å². The molecule has 0 aromatic heterocycles. The monoisotopic (exact) mass is 483 g/mol. The Bertz CT molecular complexity index is 928. The van der Waals surface area contributed by atoms with E-state index in [2.05, 4.69) is 16.0 Å². The molecular formula is C27H41N5O3. The van der Waals surface area contributed by atoms with E-state index in [0.29, 0.717) is 5.57 Å². The molecule has 8 nitrogen and oxygen atoms in total. The van der Waals surface area contributed by atoms with Crippen LogP contribution in [0.3, 0.4) is 0 Å². The van der Waals surface area contributed by atoms with Gasteiger partial charge in [-0.1, -0.05) is 58.9 Å². The quantitative estimate of drug-likeness (QED) is 0.329. The van der Waals surface area contributed by atoms with Crippen LogP contribution in [0.25, 0.3) is 0 Å². The number of hydrogen-bond donors (Lipinski definition) is 3. The number of nitrogens with one attached hydrogen (secondary N) is 3. The molecule has 3 atom stereocenters. The second kappa shape index (κ2) is 13.5. The Kier molecular flexibility index (Phi) is 11.5. The summed E-state index contributed by atoms with van der Waals surface area (Å²) < 4.78 is 0. The first-order valence-electron chi connectivity index (χ1n) is 12.0. The lowest BCUT2D eigenvalue weighted by Gasteiger charge is -2.38. The number of benzene rings is 1. The fourth-order valence-electron chi connectivity index (χ4n) is 3.57. The van der Waals surface area contributed by atoms with Gasteiger partial charge in [0.1, 0.15) is 12.1 Å². The van der Waals surface area contributed by atoms with Gasteiger partial charge in [0, 0.05) is 24.9 Å². The highest BCUT2D eigenvalue weighted by Crippen LogP contribution is 2.24. The zero-order valence-corrected chi connectivity index (χ0v) is 22.3. The molecule has 0 aliphatic rings. The number of nitrogens with zero attached hydrogens (tertiary/aromatic N) is 2. The lowest BCUT2D eigenvalue weighted by molar-refractivity contribution is -0.140. The van der Waals surface area contributed by atoms with Crippen molar-refractivity contribution in [2.24, 2.45) is 11.3 Å². The Morgan fingerprint density at radius 1 is 1.11 bits per heavy atom. The first-order valence-corrected chi connectivity index (χ1v) is 12.0. The summed E-state index contributed by atoms with van der Waals surface area (Å²) in [7, 11) is 1.70. The smallest absolute Gasteiger partial charge is 0.246 e. The Morgan fingerprint density at radius 3 is 2.23 bits per heavy atom. The van der Waals surface area contributed by atoms with Crippen LogP contribution in [-0.4, -0.2) is 54.3 Å². The number of carbonyl (C=O) groups is 3. The third-order valence-corrected chi connectivity index (χ3v) is 5.73. The molecule has 0 bridgehead atoms. The van der Waals surface area contributed by atoms with Gasteiger partial charge in [-0.25, -0.2) is 0 Å². The molecule has 0 fully saturated rings. The van der Waals surface area contributed by atoms with E-state index < -0.39 is 17.5 Å². The molecule has 192 valence electrons. The molecule has 0 aliphatic heterocycles. The van der Waals surface area contributed by atoms with Crippen molar-refractivity contribution in [3.05, 3.63) is 42.0 Å². The van der Waals surface area contributed by atoms with Crippen LogP contribution < -0.4 is 16.0 Å². The number of likely N-dealkylation sites (N-methyl/N-ethyl adjacent to an activating group) is 1. The largest absolute Gasteiger partial charge is 0.374 e. The summed E-state index contributed by atoms with van der Waals surface area (Å²) in [6.07, 6.45) is 2.00. The molecule has 1 aromatic carbocycles. The van der Waals surface area contributed by atoms with Gasteiger partial charge in [0.2, 0.25) is 17.7 Å². The summed E-state index contributed by atoms with van der Waals surface area (Å²) in [5, 5.41) is 17.5. The predicted octanol–water partition coefficient (Wildman–Crippen LogP) is 3.48. The molecule has 0 spiro atoms. The zero-order chi connectivity index (χ0) is 26.8. The van der Waals surface area contributed by atoms with E-state index in [-0.39, 0.29) is 42.6 Å². The van der Waals surface area contributed by atoms with Gasteiger partial charge in [0.25, 0.3) is 0 Å². The maximum Gasteiger partial charge on any atom is 0.246 e. The van der Waals surface area contributed by atoms with Gasteiger partial charge in [0.05, 0.1) is 18.5 Å². The number of anilines is 1. The summed E-state index contributed by atoms with van der Waals surface area (Å²) in [5.74, 6) is -0.750. The molecule has 3 N–H and O–H groups in total. The van der Waals surface area contributed by atoms with Crippen LogP contribution in [0.15, 0.2) is 42.0 Å². The lowest BCUT2D eigenvalue weighted by Crippen LogP contribution is -2.58. The van der Waals surface area contributed by atoms with Crippen molar-refractivity contribution in [1.82, 2.24) is 15.5 Å². The van der Waals surface area contributed by atoms with E-state index >= 15 is 0 Å². The molecule has 0 saturated heterocycles. The highest BCUT2D eigenvalue weighted by Gasteiger charge is 2.37. The van der Waals surface area contributed by atoms with Gasteiger partial charge < -0.3 is 20.9 Å². The fourth-order valence-corrected chi connectivity index (χ4v) is 3.57. The van der Waals surface area contributed by atoms with Crippen molar-refractivity contribution in [3.8, 4) is 6.07 Å². The van der Waals surface area contributed by atoms with Crippen LogP contribution >= 0.6 is 0 Å². The second-order valence-corrected chi connectivity index (χ2v) is 10.2. The number of carbonyl (C=O) groups excluding carboxylic acids is 3. The van der Waals surface area contributed by atoms with E-state index in [4.69, 9.17) is 5.26 Å². The molecule has 0 saturated carbocycles. The minimum atomic E-state index is -0.764. The van der Waals surface area contributed by atoms with Crippen molar-refractivity contribution in [2.45, 2.75) is 73.0 Å². The molecule has 0 aliphatic carbocycles.